The molecule has 2 rings (SSSR count). The second-order valence-electron chi connectivity index (χ2n) is 3.48. The molecule has 3 nitrogen and oxygen atoms in total. The van der Waals surface area contributed by atoms with Crippen molar-refractivity contribution in [1.82, 2.24) is 4.98 Å². The van der Waals surface area contributed by atoms with Gasteiger partial charge in [-0.05, 0) is 19.1 Å². The standard InChI is InChI=1S/C12H10ClNO2S/c1-8-6-16-12(14-8)17-7-11(15)9-3-2-4-10(13)5-9/h2-6H,7H2,1H3. The lowest BCUT2D eigenvalue weighted by Crippen LogP contribution is -2.01. The molecular formula is C12H10ClNO2S. The third-order valence-corrected chi connectivity index (χ3v) is 3.15. The van der Waals surface area contributed by atoms with Crippen LogP contribution in [0.1, 0.15) is 16.1 Å². The van der Waals surface area contributed by atoms with E-state index in [2.05, 4.69) is 4.98 Å². The number of oxazole rings is 1. The number of hydrogen-bond donors (Lipinski definition) is 0. The summed E-state index contributed by atoms with van der Waals surface area (Å²) in [6, 6.07) is 6.90. The van der Waals surface area contributed by atoms with Gasteiger partial charge in [0.25, 0.3) is 5.22 Å². The highest BCUT2D eigenvalue weighted by atomic mass is 35.5. The molecule has 5 heteroatoms. The van der Waals surface area contributed by atoms with E-state index in [1.807, 2.05) is 6.92 Å². The number of aromatic nitrogens is 1. The fourth-order valence-corrected chi connectivity index (χ4v) is 2.21. The van der Waals surface area contributed by atoms with Gasteiger partial charge in [-0.1, -0.05) is 35.5 Å². The minimum absolute atomic E-state index is 0.00773. The predicted molar refractivity (Wildman–Crippen MR) is 67.7 cm³/mol. The third kappa shape index (κ3) is 3.35. The van der Waals surface area contributed by atoms with Crippen LogP contribution in [0.25, 0.3) is 0 Å². The van der Waals surface area contributed by atoms with Gasteiger partial charge in [-0.15, -0.1) is 0 Å². The van der Waals surface area contributed by atoms with Gasteiger partial charge in [-0.2, -0.15) is 0 Å². The highest BCUT2D eigenvalue weighted by molar-refractivity contribution is 7.99. The molecule has 0 atom stereocenters. The first kappa shape index (κ1) is 12.2. The minimum Gasteiger partial charge on any atom is -0.440 e. The molecule has 0 aliphatic rings. The smallest absolute Gasteiger partial charge is 0.256 e. The lowest BCUT2D eigenvalue weighted by Gasteiger charge is -1.99. The number of rotatable bonds is 4. The van der Waals surface area contributed by atoms with E-state index >= 15 is 0 Å². The van der Waals surface area contributed by atoms with Crippen LogP contribution >= 0.6 is 23.4 Å². The van der Waals surface area contributed by atoms with Crippen LogP contribution in [0.2, 0.25) is 5.02 Å². The van der Waals surface area contributed by atoms with Crippen LogP contribution in [0.3, 0.4) is 0 Å². The molecule has 1 heterocycles. The van der Waals surface area contributed by atoms with Crippen molar-refractivity contribution in [2.75, 3.05) is 5.75 Å². The Labute approximate surface area is 108 Å². The van der Waals surface area contributed by atoms with Crippen molar-refractivity contribution in [3.8, 4) is 0 Å². The molecule has 0 aliphatic carbocycles. The van der Waals surface area contributed by atoms with E-state index < -0.39 is 0 Å². The maximum atomic E-state index is 11.8. The molecular weight excluding hydrogens is 258 g/mol. The maximum Gasteiger partial charge on any atom is 0.256 e. The van der Waals surface area contributed by atoms with Crippen LogP contribution in [0.15, 0.2) is 40.2 Å². The fourth-order valence-electron chi connectivity index (χ4n) is 1.27. The maximum absolute atomic E-state index is 11.8. The Kier molecular flexibility index (Phi) is 3.86. The van der Waals surface area contributed by atoms with E-state index in [0.717, 1.165) is 5.69 Å². The van der Waals surface area contributed by atoms with Gasteiger partial charge in [0.1, 0.15) is 6.26 Å². The van der Waals surface area contributed by atoms with Crippen LogP contribution in [-0.4, -0.2) is 16.5 Å². The number of halogens is 1. The number of carbonyl (C=O) groups is 1. The molecule has 0 spiro atoms. The van der Waals surface area contributed by atoms with Gasteiger partial charge >= 0.3 is 0 Å². The molecule has 0 saturated carbocycles. The van der Waals surface area contributed by atoms with Crippen molar-refractivity contribution in [3.05, 3.63) is 46.8 Å². The number of nitrogens with zero attached hydrogens (tertiary/aromatic N) is 1. The summed E-state index contributed by atoms with van der Waals surface area (Å²) in [6.07, 6.45) is 1.56. The van der Waals surface area contributed by atoms with Crippen molar-refractivity contribution in [2.24, 2.45) is 0 Å². The SMILES string of the molecule is Cc1coc(SCC(=O)c2cccc(Cl)c2)n1. The second kappa shape index (κ2) is 5.38. The van der Waals surface area contributed by atoms with E-state index in [1.54, 1.807) is 30.5 Å². The van der Waals surface area contributed by atoms with Gasteiger partial charge in [-0.25, -0.2) is 4.98 Å². The van der Waals surface area contributed by atoms with Crippen LogP contribution in [-0.2, 0) is 0 Å². The monoisotopic (exact) mass is 267 g/mol. The van der Waals surface area contributed by atoms with Crippen molar-refractivity contribution >= 4 is 29.1 Å². The quantitative estimate of drug-likeness (QED) is 0.627. The molecule has 88 valence electrons. The number of aryl methyl sites for hydroxylation is 1. The van der Waals surface area contributed by atoms with Gasteiger partial charge in [0.2, 0.25) is 0 Å². The zero-order valence-electron chi connectivity index (χ0n) is 9.14. The normalized spacial score (nSPS) is 10.5. The summed E-state index contributed by atoms with van der Waals surface area (Å²) in [7, 11) is 0. The highest BCUT2D eigenvalue weighted by Gasteiger charge is 2.09. The molecule has 0 aliphatic heterocycles. The number of ketones is 1. The lowest BCUT2D eigenvalue weighted by atomic mass is 10.1. The Morgan fingerprint density at radius 1 is 1.53 bits per heavy atom. The molecule has 0 bridgehead atoms. The summed E-state index contributed by atoms with van der Waals surface area (Å²) in [4.78, 5) is 15.9. The minimum atomic E-state index is 0.00773. The van der Waals surface area contributed by atoms with E-state index in [4.69, 9.17) is 16.0 Å². The first-order valence-corrected chi connectivity index (χ1v) is 6.35. The number of hydrogen-bond acceptors (Lipinski definition) is 4. The topological polar surface area (TPSA) is 43.1 Å². The number of Topliss-reactive ketones (excluding diaryl/α,β-unsaturated/α-hetero) is 1. The predicted octanol–water partition coefficient (Wildman–Crippen LogP) is 3.61. The summed E-state index contributed by atoms with van der Waals surface area (Å²) in [6.45, 7) is 1.84. The van der Waals surface area contributed by atoms with Crippen LogP contribution in [0, 0.1) is 6.92 Å². The van der Waals surface area contributed by atoms with Gasteiger partial charge in [0, 0.05) is 10.6 Å². The van der Waals surface area contributed by atoms with E-state index in [9.17, 15) is 4.79 Å². The van der Waals surface area contributed by atoms with Gasteiger partial charge < -0.3 is 4.42 Å². The van der Waals surface area contributed by atoms with Crippen molar-refractivity contribution in [3.63, 3.8) is 0 Å². The molecule has 0 radical (unpaired) electrons. The fraction of sp³-hybridized carbons (Fsp3) is 0.167. The molecule has 0 amide bonds. The molecule has 2 aromatic rings. The Morgan fingerprint density at radius 2 is 2.35 bits per heavy atom. The average Bonchev–Trinajstić information content (AvgIpc) is 2.72. The average molecular weight is 268 g/mol. The number of carbonyl (C=O) groups excluding carboxylic acids is 1. The molecule has 0 fully saturated rings. The third-order valence-electron chi connectivity index (χ3n) is 2.07. The van der Waals surface area contributed by atoms with Crippen molar-refractivity contribution in [2.45, 2.75) is 12.1 Å². The van der Waals surface area contributed by atoms with Crippen LogP contribution < -0.4 is 0 Å². The summed E-state index contributed by atoms with van der Waals surface area (Å²) in [5, 5.41) is 1.07. The number of benzene rings is 1. The summed E-state index contributed by atoms with van der Waals surface area (Å²) < 4.78 is 5.15. The second-order valence-corrected chi connectivity index (χ2v) is 4.84. The van der Waals surface area contributed by atoms with E-state index in [1.165, 1.54) is 11.8 Å². The summed E-state index contributed by atoms with van der Waals surface area (Å²) >= 11 is 7.10. The Bertz CT molecular complexity index is 539. The Hall–Kier alpha value is -1.26. The summed E-state index contributed by atoms with van der Waals surface area (Å²) in [5.74, 6) is 0.300. The van der Waals surface area contributed by atoms with Gasteiger partial charge in [0.05, 0.1) is 11.4 Å². The molecule has 17 heavy (non-hydrogen) atoms. The number of thioether (sulfide) groups is 1. The van der Waals surface area contributed by atoms with E-state index in [-0.39, 0.29) is 5.78 Å². The zero-order valence-corrected chi connectivity index (χ0v) is 10.7. The van der Waals surface area contributed by atoms with E-state index in [0.29, 0.717) is 21.6 Å². The summed E-state index contributed by atoms with van der Waals surface area (Å²) in [5.41, 5.74) is 1.41. The molecule has 0 unspecified atom stereocenters. The molecule has 1 aromatic heterocycles. The van der Waals surface area contributed by atoms with Crippen molar-refractivity contribution < 1.29 is 9.21 Å². The molecule has 0 saturated heterocycles. The highest BCUT2D eigenvalue weighted by Crippen LogP contribution is 2.19. The zero-order chi connectivity index (χ0) is 12.3. The first-order valence-electron chi connectivity index (χ1n) is 4.99. The first-order chi connectivity index (χ1) is 8.15. The van der Waals surface area contributed by atoms with Gasteiger partial charge in [0.15, 0.2) is 5.78 Å². The van der Waals surface area contributed by atoms with Crippen molar-refractivity contribution in [1.29, 1.82) is 0 Å². The Morgan fingerprint density at radius 3 is 3.00 bits per heavy atom. The lowest BCUT2D eigenvalue weighted by molar-refractivity contribution is 0.102. The Balaban J connectivity index is 1.98. The molecule has 0 N–H and O–H groups in total. The van der Waals surface area contributed by atoms with Crippen LogP contribution in [0.4, 0.5) is 0 Å². The van der Waals surface area contributed by atoms with Crippen LogP contribution in [0.5, 0.6) is 0 Å². The van der Waals surface area contributed by atoms with Gasteiger partial charge in [-0.3, -0.25) is 4.79 Å². The molecule has 1 aromatic carbocycles. The largest absolute Gasteiger partial charge is 0.440 e.